The molecule has 0 saturated heterocycles. The van der Waals surface area contributed by atoms with Crippen molar-refractivity contribution < 1.29 is 4.74 Å². The van der Waals surface area contributed by atoms with Gasteiger partial charge in [-0.05, 0) is 18.6 Å². The van der Waals surface area contributed by atoms with Crippen molar-refractivity contribution in [2.75, 3.05) is 12.8 Å². The average molecular weight is 188 g/mol. The van der Waals surface area contributed by atoms with Crippen molar-refractivity contribution in [3.8, 4) is 5.75 Å². The molecule has 0 unspecified atom stereocenters. The van der Waals surface area contributed by atoms with Crippen LogP contribution in [0.2, 0.25) is 0 Å². The summed E-state index contributed by atoms with van der Waals surface area (Å²) in [5, 5.41) is 0.948. The molecule has 0 aliphatic rings. The molecule has 0 bridgehead atoms. The van der Waals surface area contributed by atoms with Crippen LogP contribution in [0.25, 0.3) is 10.9 Å². The maximum Gasteiger partial charge on any atom is 0.145 e. The van der Waals surface area contributed by atoms with Gasteiger partial charge in [-0.2, -0.15) is 0 Å². The molecule has 1 heterocycles. The van der Waals surface area contributed by atoms with E-state index < -0.39 is 0 Å². The highest BCUT2D eigenvalue weighted by Crippen LogP contribution is 2.28. The molecule has 1 aromatic carbocycles. The smallest absolute Gasteiger partial charge is 0.145 e. The second kappa shape index (κ2) is 3.18. The van der Waals surface area contributed by atoms with Gasteiger partial charge in [-0.3, -0.25) is 4.98 Å². The molecule has 0 spiro atoms. The maximum absolute atomic E-state index is 5.95. The van der Waals surface area contributed by atoms with Gasteiger partial charge in [0.05, 0.1) is 7.11 Å². The lowest BCUT2D eigenvalue weighted by Crippen LogP contribution is -1.95. The minimum absolute atomic E-state index is 0.759. The van der Waals surface area contributed by atoms with Crippen molar-refractivity contribution in [2.45, 2.75) is 6.92 Å². The number of aryl methyl sites for hydroxylation is 1. The van der Waals surface area contributed by atoms with Gasteiger partial charge < -0.3 is 10.5 Å². The zero-order valence-corrected chi connectivity index (χ0v) is 8.24. The Morgan fingerprint density at radius 2 is 2.14 bits per heavy atom. The molecule has 3 nitrogen and oxygen atoms in total. The Kier molecular flexibility index (Phi) is 2.00. The highest BCUT2D eigenvalue weighted by Gasteiger charge is 2.06. The van der Waals surface area contributed by atoms with Crippen molar-refractivity contribution in [1.29, 1.82) is 0 Å². The van der Waals surface area contributed by atoms with Gasteiger partial charge in [0.1, 0.15) is 11.3 Å². The fourth-order valence-corrected chi connectivity index (χ4v) is 1.48. The first-order chi connectivity index (χ1) is 6.74. The van der Waals surface area contributed by atoms with Gasteiger partial charge in [-0.15, -0.1) is 0 Å². The third-order valence-electron chi connectivity index (χ3n) is 2.32. The summed E-state index contributed by atoms with van der Waals surface area (Å²) in [4.78, 5) is 4.31. The molecule has 0 amide bonds. The minimum atomic E-state index is 0.759. The predicted molar refractivity (Wildman–Crippen MR) is 57.4 cm³/mol. The third-order valence-corrected chi connectivity index (χ3v) is 2.32. The largest absolute Gasteiger partial charge is 0.494 e. The number of pyridine rings is 1. The Balaban J connectivity index is 2.86. The topological polar surface area (TPSA) is 48.1 Å². The fourth-order valence-electron chi connectivity index (χ4n) is 1.48. The van der Waals surface area contributed by atoms with E-state index in [0.717, 1.165) is 27.9 Å². The monoisotopic (exact) mass is 188 g/mol. The van der Waals surface area contributed by atoms with Crippen LogP contribution in [0.4, 0.5) is 5.69 Å². The number of methoxy groups -OCH3 is 1. The first-order valence-electron chi connectivity index (χ1n) is 4.42. The lowest BCUT2D eigenvalue weighted by molar-refractivity contribution is 0.419. The molecule has 0 fully saturated rings. The van der Waals surface area contributed by atoms with Crippen molar-refractivity contribution in [3.63, 3.8) is 0 Å². The van der Waals surface area contributed by atoms with Gasteiger partial charge in [0, 0.05) is 17.3 Å². The molecule has 2 aromatic rings. The molecule has 3 heteroatoms. The van der Waals surface area contributed by atoms with Gasteiger partial charge in [0.2, 0.25) is 0 Å². The number of aromatic nitrogens is 1. The summed E-state index contributed by atoms with van der Waals surface area (Å²) in [6.07, 6.45) is 1.76. The number of para-hydroxylation sites is 1. The van der Waals surface area contributed by atoms with Crippen molar-refractivity contribution >= 4 is 16.6 Å². The van der Waals surface area contributed by atoms with Crippen LogP contribution in [0.3, 0.4) is 0 Å². The summed E-state index contributed by atoms with van der Waals surface area (Å²) < 4.78 is 5.20. The Bertz CT molecular complexity index is 480. The van der Waals surface area contributed by atoms with E-state index in [0.29, 0.717) is 0 Å². The zero-order chi connectivity index (χ0) is 10.1. The van der Waals surface area contributed by atoms with E-state index in [-0.39, 0.29) is 0 Å². The molecule has 0 radical (unpaired) electrons. The molecular formula is C11H12N2O. The highest BCUT2D eigenvalue weighted by atomic mass is 16.5. The number of nitrogens with zero attached hydrogens (tertiary/aromatic N) is 1. The summed E-state index contributed by atoms with van der Waals surface area (Å²) in [6.45, 7) is 1.95. The van der Waals surface area contributed by atoms with E-state index >= 15 is 0 Å². The number of nitrogen functional groups attached to an aromatic ring is 1. The second-order valence-electron chi connectivity index (χ2n) is 3.21. The van der Waals surface area contributed by atoms with Crippen LogP contribution >= 0.6 is 0 Å². The molecule has 2 N–H and O–H groups in total. The Morgan fingerprint density at radius 1 is 1.36 bits per heavy atom. The van der Waals surface area contributed by atoms with Gasteiger partial charge >= 0.3 is 0 Å². The van der Waals surface area contributed by atoms with Crippen LogP contribution < -0.4 is 10.5 Å². The SMILES string of the molecule is COc1cccc2c(N)c(C)cnc12. The van der Waals surface area contributed by atoms with Crippen LogP contribution in [0.1, 0.15) is 5.56 Å². The summed E-state index contributed by atoms with van der Waals surface area (Å²) >= 11 is 0. The lowest BCUT2D eigenvalue weighted by Gasteiger charge is -2.07. The zero-order valence-electron chi connectivity index (χ0n) is 8.24. The minimum Gasteiger partial charge on any atom is -0.494 e. The first kappa shape index (κ1) is 8.81. The molecule has 1 aromatic heterocycles. The van der Waals surface area contributed by atoms with E-state index in [1.165, 1.54) is 0 Å². The molecule has 0 aliphatic heterocycles. The average Bonchev–Trinajstić information content (AvgIpc) is 2.23. The van der Waals surface area contributed by atoms with E-state index in [4.69, 9.17) is 10.5 Å². The number of hydrogen-bond donors (Lipinski definition) is 1. The molecule has 0 aliphatic carbocycles. The number of hydrogen-bond acceptors (Lipinski definition) is 3. The van der Waals surface area contributed by atoms with Crippen LogP contribution in [-0.2, 0) is 0 Å². The normalized spacial score (nSPS) is 10.4. The van der Waals surface area contributed by atoms with Gasteiger partial charge in [0.25, 0.3) is 0 Å². The number of benzene rings is 1. The van der Waals surface area contributed by atoms with E-state index in [2.05, 4.69) is 4.98 Å². The number of ether oxygens (including phenoxy) is 1. The molecule has 14 heavy (non-hydrogen) atoms. The highest BCUT2D eigenvalue weighted by molar-refractivity contribution is 5.94. The van der Waals surface area contributed by atoms with Crippen LogP contribution in [0.15, 0.2) is 24.4 Å². The number of rotatable bonds is 1. The number of anilines is 1. The summed E-state index contributed by atoms with van der Waals surface area (Å²) in [5.74, 6) is 0.759. The quantitative estimate of drug-likeness (QED) is 0.745. The molecule has 0 saturated carbocycles. The predicted octanol–water partition coefficient (Wildman–Crippen LogP) is 2.13. The number of nitrogens with two attached hydrogens (primary N) is 1. The third kappa shape index (κ3) is 1.18. The van der Waals surface area contributed by atoms with Crippen molar-refractivity contribution in [2.24, 2.45) is 0 Å². The van der Waals surface area contributed by atoms with Gasteiger partial charge in [0.15, 0.2) is 0 Å². The first-order valence-corrected chi connectivity index (χ1v) is 4.42. The molecule has 72 valence electrons. The second-order valence-corrected chi connectivity index (χ2v) is 3.21. The Hall–Kier alpha value is -1.77. The molecule has 0 atom stereocenters. The standard InChI is InChI=1S/C11H12N2O/c1-7-6-13-11-8(10(7)12)4-3-5-9(11)14-2/h3-6H,1-2H3,(H2,12,13). The van der Waals surface area contributed by atoms with E-state index in [9.17, 15) is 0 Å². The summed E-state index contributed by atoms with van der Waals surface area (Å²) in [5.41, 5.74) is 8.53. The Labute approximate surface area is 82.5 Å². The lowest BCUT2D eigenvalue weighted by atomic mass is 10.1. The fraction of sp³-hybridized carbons (Fsp3) is 0.182. The summed E-state index contributed by atoms with van der Waals surface area (Å²) in [7, 11) is 1.63. The van der Waals surface area contributed by atoms with E-state index in [1.807, 2.05) is 25.1 Å². The maximum atomic E-state index is 5.95. The van der Waals surface area contributed by atoms with Crippen molar-refractivity contribution in [3.05, 3.63) is 30.0 Å². The van der Waals surface area contributed by atoms with Gasteiger partial charge in [-0.1, -0.05) is 12.1 Å². The van der Waals surface area contributed by atoms with E-state index in [1.54, 1.807) is 13.3 Å². The Morgan fingerprint density at radius 3 is 2.86 bits per heavy atom. The molecular weight excluding hydrogens is 176 g/mol. The number of fused-ring (bicyclic) bond motifs is 1. The van der Waals surface area contributed by atoms with Gasteiger partial charge in [-0.25, -0.2) is 0 Å². The van der Waals surface area contributed by atoms with Crippen molar-refractivity contribution in [1.82, 2.24) is 4.98 Å². The summed E-state index contributed by atoms with van der Waals surface area (Å²) in [6, 6.07) is 5.75. The van der Waals surface area contributed by atoms with Crippen LogP contribution in [0, 0.1) is 6.92 Å². The van der Waals surface area contributed by atoms with Crippen LogP contribution in [0.5, 0.6) is 5.75 Å². The molecule has 2 rings (SSSR count). The van der Waals surface area contributed by atoms with Crippen LogP contribution in [-0.4, -0.2) is 12.1 Å².